The van der Waals surface area contributed by atoms with Crippen molar-refractivity contribution in [3.63, 3.8) is 0 Å². The molecule has 2 aromatic carbocycles. The van der Waals surface area contributed by atoms with Gasteiger partial charge in [0.25, 0.3) is 5.91 Å². The second-order valence-electron chi connectivity index (χ2n) is 8.65. The maximum atomic E-state index is 14.5. The lowest BCUT2D eigenvalue weighted by atomic mass is 9.87. The molecule has 1 aliphatic carbocycles. The number of fused-ring (bicyclic) bond motifs is 1. The first-order chi connectivity index (χ1) is 16.8. The number of nitrogens with one attached hydrogen (secondary N) is 1. The Morgan fingerprint density at radius 3 is 2.57 bits per heavy atom. The molecule has 1 fully saturated rings. The summed E-state index contributed by atoms with van der Waals surface area (Å²) in [5, 5.41) is 13.4. The van der Waals surface area contributed by atoms with Crippen molar-refractivity contribution in [2.45, 2.75) is 44.6 Å². The zero-order valence-electron chi connectivity index (χ0n) is 18.9. The van der Waals surface area contributed by atoms with E-state index >= 15 is 0 Å². The van der Waals surface area contributed by atoms with Crippen LogP contribution < -0.4 is 10.1 Å². The van der Waals surface area contributed by atoms with Crippen molar-refractivity contribution >= 4 is 50.7 Å². The first-order valence-corrected chi connectivity index (χ1v) is 12.7. The van der Waals surface area contributed by atoms with Gasteiger partial charge in [-0.2, -0.15) is 0 Å². The van der Waals surface area contributed by atoms with Crippen LogP contribution in [0, 0.1) is 11.7 Å². The fraction of sp³-hybridized carbons (Fsp3) is 0.346. The molecule has 0 atom stereocenters. The second-order valence-corrected chi connectivity index (χ2v) is 10.2. The molecule has 1 aromatic heterocycles. The minimum atomic E-state index is -0.803. The van der Waals surface area contributed by atoms with E-state index in [1.165, 1.54) is 29.5 Å². The summed E-state index contributed by atoms with van der Waals surface area (Å²) < 4.78 is 21.2. The highest BCUT2D eigenvalue weighted by Gasteiger charge is 2.27. The van der Waals surface area contributed by atoms with E-state index in [1.807, 2.05) is 12.1 Å². The van der Waals surface area contributed by atoms with Gasteiger partial charge in [-0.3, -0.25) is 14.4 Å². The molecule has 35 heavy (non-hydrogen) atoms. The number of ether oxygens (including phenoxy) is 1. The number of carboxylic acids is 1. The lowest BCUT2D eigenvalue weighted by Gasteiger charge is -2.27. The molecule has 0 unspecified atom stereocenters. The van der Waals surface area contributed by atoms with Gasteiger partial charge in [0, 0.05) is 28.3 Å². The van der Waals surface area contributed by atoms with E-state index in [0.717, 1.165) is 10.1 Å². The highest BCUT2D eigenvalue weighted by Crippen LogP contribution is 2.30. The normalized spacial score (nSPS) is 17.8. The summed E-state index contributed by atoms with van der Waals surface area (Å²) in [5.41, 5.74) is 0.247. The third-order valence-electron chi connectivity index (χ3n) is 6.14. The largest absolute Gasteiger partial charge is 0.487 e. The van der Waals surface area contributed by atoms with Gasteiger partial charge in [-0.05, 0) is 80.0 Å². The van der Waals surface area contributed by atoms with E-state index in [2.05, 4.69) is 5.32 Å². The number of benzene rings is 2. The zero-order chi connectivity index (χ0) is 24.9. The third-order valence-corrected chi connectivity index (χ3v) is 7.49. The smallest absolute Gasteiger partial charge is 0.306 e. The van der Waals surface area contributed by atoms with Crippen LogP contribution in [0.2, 0.25) is 5.02 Å². The van der Waals surface area contributed by atoms with Crippen molar-refractivity contribution < 1.29 is 28.6 Å². The predicted molar refractivity (Wildman–Crippen MR) is 133 cm³/mol. The lowest BCUT2D eigenvalue weighted by Crippen LogP contribution is -2.28. The Morgan fingerprint density at radius 2 is 1.86 bits per heavy atom. The Bertz CT molecular complexity index is 1250. The molecule has 0 radical (unpaired) electrons. The monoisotopic (exact) mass is 517 g/mol. The number of aliphatic carboxylic acids is 1. The Hall–Kier alpha value is -2.97. The minimum Gasteiger partial charge on any atom is -0.487 e. The van der Waals surface area contributed by atoms with E-state index < -0.39 is 11.8 Å². The van der Waals surface area contributed by atoms with Crippen molar-refractivity contribution in [1.82, 2.24) is 5.32 Å². The molecule has 0 aliphatic heterocycles. The van der Waals surface area contributed by atoms with E-state index in [-0.39, 0.29) is 41.4 Å². The number of hydrogen-bond donors (Lipinski definition) is 2. The van der Waals surface area contributed by atoms with Crippen molar-refractivity contribution in [2.24, 2.45) is 5.92 Å². The van der Waals surface area contributed by atoms with Crippen molar-refractivity contribution in [2.75, 3.05) is 6.54 Å². The van der Waals surface area contributed by atoms with Crippen molar-refractivity contribution in [3.05, 3.63) is 63.7 Å². The molecule has 1 amide bonds. The molecular formula is C26H25ClFNO5S. The molecule has 184 valence electrons. The second kappa shape index (κ2) is 11.2. The van der Waals surface area contributed by atoms with Gasteiger partial charge in [0.1, 0.15) is 0 Å². The van der Waals surface area contributed by atoms with Gasteiger partial charge in [0.15, 0.2) is 17.3 Å². The first-order valence-electron chi connectivity index (χ1n) is 11.5. The summed E-state index contributed by atoms with van der Waals surface area (Å²) in [5.74, 6) is -2.15. The summed E-state index contributed by atoms with van der Waals surface area (Å²) >= 11 is 7.36. The number of thiophene rings is 1. The van der Waals surface area contributed by atoms with Gasteiger partial charge < -0.3 is 15.2 Å². The zero-order valence-corrected chi connectivity index (χ0v) is 20.5. The summed E-state index contributed by atoms with van der Waals surface area (Å²) in [7, 11) is 0. The summed E-state index contributed by atoms with van der Waals surface area (Å²) in [6.45, 7) is 0.322. The SMILES string of the molecule is O=C(CCCNC(=O)c1cc2cc(Cl)ccc2s1)c1ccc(OC2CCC(C(=O)O)CC2)c(F)c1. The summed E-state index contributed by atoms with van der Waals surface area (Å²) in [4.78, 5) is 36.5. The number of halogens is 2. The molecule has 6 nitrogen and oxygen atoms in total. The van der Waals surface area contributed by atoms with E-state index in [9.17, 15) is 18.8 Å². The number of hydrogen-bond acceptors (Lipinski definition) is 5. The van der Waals surface area contributed by atoms with Crippen LogP contribution in [0.1, 0.15) is 58.6 Å². The van der Waals surface area contributed by atoms with Crippen molar-refractivity contribution in [1.29, 1.82) is 0 Å². The fourth-order valence-electron chi connectivity index (χ4n) is 4.19. The van der Waals surface area contributed by atoms with Gasteiger partial charge >= 0.3 is 5.97 Å². The van der Waals surface area contributed by atoms with Gasteiger partial charge in [-0.1, -0.05) is 11.6 Å². The molecule has 4 rings (SSSR count). The quantitative estimate of drug-likeness (QED) is 0.264. The molecule has 0 spiro atoms. The third kappa shape index (κ3) is 6.38. The van der Waals surface area contributed by atoms with Gasteiger partial charge in [0.05, 0.1) is 16.9 Å². The molecular weight excluding hydrogens is 493 g/mol. The van der Waals surface area contributed by atoms with Gasteiger partial charge in [-0.15, -0.1) is 11.3 Å². The molecule has 2 N–H and O–H groups in total. The Morgan fingerprint density at radius 1 is 1.09 bits per heavy atom. The van der Waals surface area contributed by atoms with E-state index in [0.29, 0.717) is 48.5 Å². The van der Waals surface area contributed by atoms with Crippen LogP contribution in [-0.4, -0.2) is 35.4 Å². The fourth-order valence-corrected chi connectivity index (χ4v) is 5.33. The van der Waals surface area contributed by atoms with Gasteiger partial charge in [-0.25, -0.2) is 4.39 Å². The van der Waals surface area contributed by atoms with Crippen LogP contribution in [0.4, 0.5) is 4.39 Å². The Balaban J connectivity index is 1.23. The molecule has 1 aliphatic rings. The maximum Gasteiger partial charge on any atom is 0.306 e. The molecule has 0 saturated heterocycles. The number of ketones is 1. The molecule has 1 heterocycles. The number of carbonyl (C=O) groups is 3. The molecule has 1 saturated carbocycles. The molecule has 3 aromatic rings. The maximum absolute atomic E-state index is 14.5. The highest BCUT2D eigenvalue weighted by atomic mass is 35.5. The minimum absolute atomic E-state index is 0.0669. The van der Waals surface area contributed by atoms with Crippen LogP contribution in [0.5, 0.6) is 5.75 Å². The number of carboxylic acid groups (broad SMARTS) is 1. The standard InChI is InChI=1S/C26H25ClFNO5S/c27-18-6-10-23-17(12-18)14-24(35-23)25(31)29-11-1-2-21(30)16-5-9-22(20(28)13-16)34-19-7-3-15(4-8-19)26(32)33/h5-6,9-10,12-15,19H,1-4,7-8,11H2,(H,29,31)(H,32,33). The van der Waals surface area contributed by atoms with Crippen LogP contribution >= 0.6 is 22.9 Å². The Labute approximate surface area is 211 Å². The first kappa shape index (κ1) is 25.1. The van der Waals surface area contributed by atoms with E-state index in [4.69, 9.17) is 21.4 Å². The average Bonchev–Trinajstić information content (AvgIpc) is 3.26. The summed E-state index contributed by atoms with van der Waals surface area (Å²) in [6, 6.07) is 11.4. The van der Waals surface area contributed by atoms with Crippen LogP contribution in [0.3, 0.4) is 0 Å². The Kier molecular flexibility index (Phi) is 8.03. The van der Waals surface area contributed by atoms with E-state index in [1.54, 1.807) is 12.1 Å². The molecule has 0 bridgehead atoms. The number of rotatable bonds is 9. The van der Waals surface area contributed by atoms with Crippen LogP contribution in [-0.2, 0) is 4.79 Å². The number of Topliss-reactive ketones (excluding diaryl/α,β-unsaturated/α-hetero) is 1. The predicted octanol–water partition coefficient (Wildman–Crippen LogP) is 6.11. The van der Waals surface area contributed by atoms with Gasteiger partial charge in [0.2, 0.25) is 0 Å². The molecule has 9 heteroatoms. The highest BCUT2D eigenvalue weighted by molar-refractivity contribution is 7.20. The number of carbonyl (C=O) groups excluding carboxylic acids is 2. The topological polar surface area (TPSA) is 92.7 Å². The summed E-state index contributed by atoms with van der Waals surface area (Å²) in [6.07, 6.45) is 2.48. The average molecular weight is 518 g/mol. The van der Waals surface area contributed by atoms with Crippen LogP contribution in [0.25, 0.3) is 10.1 Å². The lowest BCUT2D eigenvalue weighted by molar-refractivity contribution is -0.143. The van der Waals surface area contributed by atoms with Crippen molar-refractivity contribution in [3.8, 4) is 5.75 Å². The van der Waals surface area contributed by atoms with Crippen LogP contribution in [0.15, 0.2) is 42.5 Å². The number of amides is 1.